The Bertz CT molecular complexity index is 465. The van der Waals surface area contributed by atoms with Gasteiger partial charge in [0.2, 0.25) is 0 Å². The van der Waals surface area contributed by atoms with E-state index in [1.54, 1.807) is 0 Å². The van der Waals surface area contributed by atoms with Gasteiger partial charge in [0, 0.05) is 6.42 Å². The average Bonchev–Trinajstić information content (AvgIpc) is 2.39. The van der Waals surface area contributed by atoms with E-state index < -0.39 is 0 Å². The highest BCUT2D eigenvalue weighted by atomic mass is 32.1. The molecule has 2 aromatic rings. The maximum atomic E-state index is 5.56. The van der Waals surface area contributed by atoms with Crippen molar-refractivity contribution in [3.8, 4) is 0 Å². The summed E-state index contributed by atoms with van der Waals surface area (Å²) in [7, 11) is 0. The summed E-state index contributed by atoms with van der Waals surface area (Å²) < 4.78 is 5.56. The molecule has 0 fully saturated rings. The molecule has 2 rings (SSSR count). The molecule has 2 heteroatoms. The van der Waals surface area contributed by atoms with E-state index in [2.05, 4.69) is 12.1 Å². The zero-order valence-electron chi connectivity index (χ0n) is 9.50. The van der Waals surface area contributed by atoms with Gasteiger partial charge in [0.25, 0.3) is 0 Å². The van der Waals surface area contributed by atoms with Crippen LogP contribution in [0, 0.1) is 0 Å². The summed E-state index contributed by atoms with van der Waals surface area (Å²) in [5, 5.41) is 0.639. The van der Waals surface area contributed by atoms with Crippen molar-refractivity contribution < 1.29 is 4.74 Å². The zero-order valence-corrected chi connectivity index (χ0v) is 10.3. The van der Waals surface area contributed by atoms with Gasteiger partial charge in [0.05, 0.1) is 0 Å². The lowest BCUT2D eigenvalue weighted by atomic mass is 10.2. The normalized spacial score (nSPS) is 9.88. The summed E-state index contributed by atoms with van der Waals surface area (Å²) in [4.78, 5) is 0. The molecule has 0 saturated carbocycles. The Morgan fingerprint density at radius 2 is 1.35 bits per heavy atom. The van der Waals surface area contributed by atoms with Crippen LogP contribution in [0.4, 0.5) is 0 Å². The summed E-state index contributed by atoms with van der Waals surface area (Å²) in [6, 6.07) is 20.2. The topological polar surface area (TPSA) is 9.23 Å². The highest BCUT2D eigenvalue weighted by molar-refractivity contribution is 7.80. The SMILES string of the molecule is S=C(Cc1ccccc1)OCc1ccccc1. The summed E-state index contributed by atoms with van der Waals surface area (Å²) in [5.74, 6) is 0. The molecule has 0 amide bonds. The number of hydrogen-bond acceptors (Lipinski definition) is 2. The Labute approximate surface area is 107 Å². The van der Waals surface area contributed by atoms with Crippen molar-refractivity contribution in [2.75, 3.05) is 0 Å². The molecule has 0 aliphatic carbocycles. The first kappa shape index (κ1) is 11.8. The predicted molar refractivity (Wildman–Crippen MR) is 74.0 cm³/mol. The van der Waals surface area contributed by atoms with Gasteiger partial charge >= 0.3 is 0 Å². The van der Waals surface area contributed by atoms with Gasteiger partial charge in [-0.3, -0.25) is 0 Å². The number of thiocarbonyl (C=S) groups is 1. The Kier molecular flexibility index (Phi) is 4.28. The molecular formula is C15H14OS. The second kappa shape index (κ2) is 6.16. The van der Waals surface area contributed by atoms with E-state index in [9.17, 15) is 0 Å². The quantitative estimate of drug-likeness (QED) is 0.755. The van der Waals surface area contributed by atoms with Crippen LogP contribution in [0.2, 0.25) is 0 Å². The molecule has 0 aliphatic heterocycles. The fourth-order valence-corrected chi connectivity index (χ4v) is 1.78. The van der Waals surface area contributed by atoms with Crippen molar-refractivity contribution in [1.29, 1.82) is 0 Å². The molecule has 0 heterocycles. The lowest BCUT2D eigenvalue weighted by Crippen LogP contribution is -2.05. The maximum absolute atomic E-state index is 5.56. The minimum atomic E-state index is 0.548. The van der Waals surface area contributed by atoms with Crippen LogP contribution in [-0.2, 0) is 17.8 Å². The Hall–Kier alpha value is -1.67. The van der Waals surface area contributed by atoms with Crippen LogP contribution in [0.5, 0.6) is 0 Å². The van der Waals surface area contributed by atoms with Crippen LogP contribution in [0.3, 0.4) is 0 Å². The molecule has 0 N–H and O–H groups in total. The number of rotatable bonds is 4. The van der Waals surface area contributed by atoms with Gasteiger partial charge in [0.1, 0.15) is 6.61 Å². The van der Waals surface area contributed by atoms with Gasteiger partial charge in [-0.25, -0.2) is 0 Å². The van der Waals surface area contributed by atoms with Crippen molar-refractivity contribution in [2.45, 2.75) is 13.0 Å². The third-order valence-electron chi connectivity index (χ3n) is 2.43. The van der Waals surface area contributed by atoms with E-state index >= 15 is 0 Å². The molecule has 0 radical (unpaired) electrons. The fraction of sp³-hybridized carbons (Fsp3) is 0.133. The third kappa shape index (κ3) is 4.00. The summed E-state index contributed by atoms with van der Waals surface area (Å²) >= 11 is 5.21. The Morgan fingerprint density at radius 3 is 1.94 bits per heavy atom. The number of hydrogen-bond donors (Lipinski definition) is 0. The van der Waals surface area contributed by atoms with E-state index in [1.807, 2.05) is 48.5 Å². The van der Waals surface area contributed by atoms with Crippen LogP contribution in [0.15, 0.2) is 60.7 Å². The lowest BCUT2D eigenvalue weighted by Gasteiger charge is -2.07. The van der Waals surface area contributed by atoms with Crippen molar-refractivity contribution >= 4 is 17.3 Å². The van der Waals surface area contributed by atoms with Gasteiger partial charge in [0.15, 0.2) is 5.05 Å². The third-order valence-corrected chi connectivity index (χ3v) is 2.70. The highest BCUT2D eigenvalue weighted by Gasteiger charge is 2.00. The minimum Gasteiger partial charge on any atom is -0.482 e. The molecule has 86 valence electrons. The molecular weight excluding hydrogens is 228 g/mol. The molecule has 0 unspecified atom stereocenters. The van der Waals surface area contributed by atoms with Crippen LogP contribution >= 0.6 is 12.2 Å². The standard InChI is InChI=1S/C15H14OS/c17-15(11-13-7-3-1-4-8-13)16-12-14-9-5-2-6-10-14/h1-10H,11-12H2. The van der Waals surface area contributed by atoms with E-state index in [0.29, 0.717) is 18.1 Å². The van der Waals surface area contributed by atoms with E-state index in [-0.39, 0.29) is 0 Å². The first-order valence-corrected chi connectivity index (χ1v) is 5.99. The summed E-state index contributed by atoms with van der Waals surface area (Å²) in [5.41, 5.74) is 2.33. The Balaban J connectivity index is 1.83. The molecule has 0 bridgehead atoms. The van der Waals surface area contributed by atoms with Crippen molar-refractivity contribution in [3.05, 3.63) is 71.8 Å². The average molecular weight is 242 g/mol. The lowest BCUT2D eigenvalue weighted by molar-refractivity contribution is 0.295. The molecule has 0 aromatic heterocycles. The van der Waals surface area contributed by atoms with Crippen LogP contribution in [0.25, 0.3) is 0 Å². The van der Waals surface area contributed by atoms with Crippen LogP contribution in [0.1, 0.15) is 11.1 Å². The smallest absolute Gasteiger partial charge is 0.164 e. The molecule has 17 heavy (non-hydrogen) atoms. The monoisotopic (exact) mass is 242 g/mol. The zero-order chi connectivity index (χ0) is 11.9. The van der Waals surface area contributed by atoms with Crippen LogP contribution < -0.4 is 0 Å². The van der Waals surface area contributed by atoms with Gasteiger partial charge in [-0.15, -0.1) is 0 Å². The first-order valence-electron chi connectivity index (χ1n) is 5.58. The van der Waals surface area contributed by atoms with E-state index in [4.69, 9.17) is 17.0 Å². The predicted octanol–water partition coefficient (Wildman–Crippen LogP) is 3.77. The Morgan fingerprint density at radius 1 is 0.824 bits per heavy atom. The largest absolute Gasteiger partial charge is 0.482 e. The van der Waals surface area contributed by atoms with Gasteiger partial charge in [-0.05, 0) is 23.3 Å². The summed E-state index contributed by atoms with van der Waals surface area (Å²) in [6.45, 7) is 0.548. The minimum absolute atomic E-state index is 0.548. The molecule has 1 nitrogen and oxygen atoms in total. The van der Waals surface area contributed by atoms with Crippen LogP contribution in [-0.4, -0.2) is 5.05 Å². The molecule has 2 aromatic carbocycles. The second-order valence-electron chi connectivity index (χ2n) is 3.81. The molecule has 0 atom stereocenters. The van der Waals surface area contributed by atoms with Gasteiger partial charge < -0.3 is 4.74 Å². The second-order valence-corrected chi connectivity index (χ2v) is 4.26. The molecule has 0 spiro atoms. The number of ether oxygens (including phenoxy) is 1. The molecule has 0 aliphatic rings. The highest BCUT2D eigenvalue weighted by Crippen LogP contribution is 2.05. The molecule has 0 saturated heterocycles. The van der Waals surface area contributed by atoms with Crippen molar-refractivity contribution in [3.63, 3.8) is 0 Å². The van der Waals surface area contributed by atoms with Crippen molar-refractivity contribution in [2.24, 2.45) is 0 Å². The van der Waals surface area contributed by atoms with E-state index in [1.165, 1.54) is 5.56 Å². The van der Waals surface area contributed by atoms with Crippen molar-refractivity contribution in [1.82, 2.24) is 0 Å². The van der Waals surface area contributed by atoms with E-state index in [0.717, 1.165) is 5.56 Å². The fourth-order valence-electron chi connectivity index (χ4n) is 1.55. The number of benzene rings is 2. The van der Waals surface area contributed by atoms with Gasteiger partial charge in [-0.1, -0.05) is 60.7 Å². The summed E-state index contributed by atoms with van der Waals surface area (Å²) in [6.07, 6.45) is 0.697. The maximum Gasteiger partial charge on any atom is 0.164 e. The first-order chi connectivity index (χ1) is 8.34. The van der Waals surface area contributed by atoms with Gasteiger partial charge in [-0.2, -0.15) is 0 Å².